The summed E-state index contributed by atoms with van der Waals surface area (Å²) in [5.41, 5.74) is 5.69. The number of nitrogens with zero attached hydrogens (tertiary/aromatic N) is 4. The summed E-state index contributed by atoms with van der Waals surface area (Å²) in [6.07, 6.45) is 0. The topological polar surface area (TPSA) is 52.8 Å². The monoisotopic (exact) mass is 522 g/mol. The zero-order valence-corrected chi connectivity index (χ0v) is 23.6. The van der Waals surface area contributed by atoms with E-state index in [1.165, 1.54) is 11.1 Å². The lowest BCUT2D eigenvalue weighted by Gasteiger charge is -2.34. The van der Waals surface area contributed by atoms with Gasteiger partial charge in [-0.3, -0.25) is 9.69 Å². The summed E-state index contributed by atoms with van der Waals surface area (Å²) in [4.78, 5) is 25.0. The molecule has 202 valence electrons. The molecule has 0 atom stereocenters. The van der Waals surface area contributed by atoms with Crippen LogP contribution in [0.2, 0.25) is 0 Å². The molecule has 6 heteroatoms. The van der Waals surface area contributed by atoms with Gasteiger partial charge in [-0.1, -0.05) is 75.4 Å². The number of oxazole rings is 1. The maximum Gasteiger partial charge on any atom is 0.276 e. The van der Waals surface area contributed by atoms with E-state index in [1.807, 2.05) is 66.4 Å². The van der Waals surface area contributed by atoms with Crippen LogP contribution in [0.5, 0.6) is 0 Å². The van der Waals surface area contributed by atoms with E-state index in [9.17, 15) is 4.79 Å². The Kier molecular flexibility index (Phi) is 7.58. The van der Waals surface area contributed by atoms with Crippen LogP contribution >= 0.6 is 0 Å². The highest BCUT2D eigenvalue weighted by molar-refractivity contribution is 5.98. The minimum absolute atomic E-state index is 0.0523. The van der Waals surface area contributed by atoms with Gasteiger partial charge in [0, 0.05) is 63.6 Å². The zero-order valence-electron chi connectivity index (χ0n) is 23.6. The first-order chi connectivity index (χ1) is 18.7. The molecule has 1 aliphatic heterocycles. The van der Waals surface area contributed by atoms with Crippen LogP contribution < -0.4 is 4.90 Å². The van der Waals surface area contributed by atoms with Crippen molar-refractivity contribution >= 4 is 11.6 Å². The summed E-state index contributed by atoms with van der Waals surface area (Å²) in [5, 5.41) is 0. The molecule has 2 heterocycles. The second-order valence-electron chi connectivity index (χ2n) is 11.5. The second-order valence-corrected chi connectivity index (χ2v) is 11.5. The van der Waals surface area contributed by atoms with E-state index in [0.717, 1.165) is 36.4 Å². The molecular weight excluding hydrogens is 484 g/mol. The molecule has 3 aromatic carbocycles. The third-order valence-electron chi connectivity index (χ3n) is 7.36. The first kappa shape index (κ1) is 26.7. The Labute approximate surface area is 231 Å². The molecule has 1 aliphatic rings. The number of carbonyl (C=O) groups is 1. The summed E-state index contributed by atoms with van der Waals surface area (Å²) in [6, 6.07) is 26.8. The van der Waals surface area contributed by atoms with Gasteiger partial charge in [0.25, 0.3) is 5.91 Å². The molecule has 6 nitrogen and oxygen atoms in total. The van der Waals surface area contributed by atoms with Crippen LogP contribution in [0.3, 0.4) is 0 Å². The van der Waals surface area contributed by atoms with Crippen molar-refractivity contribution in [2.45, 2.75) is 32.7 Å². The van der Waals surface area contributed by atoms with Gasteiger partial charge in [0.1, 0.15) is 0 Å². The third kappa shape index (κ3) is 6.07. The van der Waals surface area contributed by atoms with E-state index >= 15 is 0 Å². The second kappa shape index (κ2) is 11.1. The van der Waals surface area contributed by atoms with Crippen molar-refractivity contribution in [3.05, 3.63) is 95.7 Å². The molecule has 4 aromatic rings. The van der Waals surface area contributed by atoms with Crippen LogP contribution in [0.15, 0.2) is 83.3 Å². The quantitative estimate of drug-likeness (QED) is 0.296. The van der Waals surface area contributed by atoms with Crippen molar-refractivity contribution in [3.8, 4) is 22.8 Å². The zero-order chi connectivity index (χ0) is 27.6. The van der Waals surface area contributed by atoms with Gasteiger partial charge in [-0.05, 0) is 40.8 Å². The van der Waals surface area contributed by atoms with Crippen LogP contribution in [-0.2, 0) is 12.0 Å². The van der Waals surface area contributed by atoms with Gasteiger partial charge in [0.2, 0.25) is 5.89 Å². The molecule has 39 heavy (non-hydrogen) atoms. The van der Waals surface area contributed by atoms with E-state index in [1.54, 1.807) is 0 Å². The lowest BCUT2D eigenvalue weighted by Crippen LogP contribution is -2.48. The van der Waals surface area contributed by atoms with Crippen LogP contribution in [-0.4, -0.2) is 61.0 Å². The molecular formula is C33H38N4O2. The Morgan fingerprint density at radius 1 is 0.872 bits per heavy atom. The summed E-state index contributed by atoms with van der Waals surface area (Å²) in [6.45, 7) is 10.4. The maximum absolute atomic E-state index is 13.9. The van der Waals surface area contributed by atoms with Gasteiger partial charge < -0.3 is 14.2 Å². The molecule has 0 unspecified atom stereocenters. The molecule has 1 aromatic heterocycles. The van der Waals surface area contributed by atoms with Gasteiger partial charge in [0.15, 0.2) is 11.5 Å². The van der Waals surface area contributed by atoms with Crippen molar-refractivity contribution in [1.82, 2.24) is 14.8 Å². The number of hydrogen-bond donors (Lipinski definition) is 0. The van der Waals surface area contributed by atoms with E-state index in [4.69, 9.17) is 9.40 Å². The van der Waals surface area contributed by atoms with Crippen molar-refractivity contribution < 1.29 is 9.21 Å². The average molecular weight is 523 g/mol. The fourth-order valence-corrected chi connectivity index (χ4v) is 4.92. The Morgan fingerprint density at radius 2 is 1.56 bits per heavy atom. The largest absolute Gasteiger partial charge is 0.435 e. The van der Waals surface area contributed by atoms with Crippen LogP contribution in [0.1, 0.15) is 42.4 Å². The Morgan fingerprint density at radius 3 is 2.21 bits per heavy atom. The minimum atomic E-state index is -0.0825. The molecule has 1 saturated heterocycles. The predicted octanol–water partition coefficient (Wildman–Crippen LogP) is 6.33. The highest BCUT2D eigenvalue weighted by Crippen LogP contribution is 2.33. The van der Waals surface area contributed by atoms with Gasteiger partial charge in [0.05, 0.1) is 0 Å². The summed E-state index contributed by atoms with van der Waals surface area (Å²) < 4.78 is 6.37. The molecule has 1 amide bonds. The van der Waals surface area contributed by atoms with E-state index in [-0.39, 0.29) is 11.3 Å². The van der Waals surface area contributed by atoms with Crippen molar-refractivity contribution in [2.24, 2.45) is 0 Å². The molecule has 1 fully saturated rings. The normalized spacial score (nSPS) is 14.4. The SMILES string of the molecule is CN(C)c1cccc(-c2oc(-c3ccc(C(C)(C)C)cc3)nc2C(=O)N2CCN(Cc3ccccc3)CC2)c1. The third-order valence-corrected chi connectivity index (χ3v) is 7.36. The van der Waals surface area contributed by atoms with Crippen molar-refractivity contribution in [2.75, 3.05) is 45.2 Å². The van der Waals surface area contributed by atoms with E-state index < -0.39 is 0 Å². The number of piperazine rings is 1. The van der Waals surface area contributed by atoms with Crippen LogP contribution in [0.25, 0.3) is 22.8 Å². The highest BCUT2D eigenvalue weighted by Gasteiger charge is 2.29. The van der Waals surface area contributed by atoms with E-state index in [2.05, 4.69) is 62.1 Å². The Hall–Kier alpha value is -3.90. The standard InChI is InChI=1S/C33H38N4O2/c1-33(2,3)27-16-14-25(15-17-27)31-34-29(30(39-31)26-12-9-13-28(22-26)35(4)5)32(38)37-20-18-36(19-21-37)23-24-10-7-6-8-11-24/h6-17,22H,18-21,23H2,1-5H3. The van der Waals surface area contributed by atoms with Gasteiger partial charge in [-0.25, -0.2) is 4.98 Å². The fourth-order valence-electron chi connectivity index (χ4n) is 4.92. The fraction of sp³-hybridized carbons (Fsp3) is 0.333. The predicted molar refractivity (Wildman–Crippen MR) is 158 cm³/mol. The Bertz CT molecular complexity index is 1410. The number of rotatable bonds is 6. The lowest BCUT2D eigenvalue weighted by molar-refractivity contribution is 0.0623. The number of aromatic nitrogens is 1. The smallest absolute Gasteiger partial charge is 0.276 e. The molecule has 0 saturated carbocycles. The number of hydrogen-bond acceptors (Lipinski definition) is 5. The lowest BCUT2D eigenvalue weighted by atomic mass is 9.87. The molecule has 0 N–H and O–H groups in total. The average Bonchev–Trinajstić information content (AvgIpc) is 3.39. The van der Waals surface area contributed by atoms with Crippen LogP contribution in [0.4, 0.5) is 5.69 Å². The number of carbonyl (C=O) groups excluding carboxylic acids is 1. The van der Waals surface area contributed by atoms with E-state index in [0.29, 0.717) is 30.4 Å². The number of anilines is 1. The molecule has 5 rings (SSSR count). The van der Waals surface area contributed by atoms with Gasteiger partial charge in [-0.2, -0.15) is 0 Å². The van der Waals surface area contributed by atoms with Gasteiger partial charge >= 0.3 is 0 Å². The highest BCUT2D eigenvalue weighted by atomic mass is 16.4. The minimum Gasteiger partial charge on any atom is -0.435 e. The first-order valence-corrected chi connectivity index (χ1v) is 13.6. The van der Waals surface area contributed by atoms with Crippen LogP contribution in [0, 0.1) is 0 Å². The maximum atomic E-state index is 13.9. The van der Waals surface area contributed by atoms with Crippen molar-refractivity contribution in [1.29, 1.82) is 0 Å². The van der Waals surface area contributed by atoms with Gasteiger partial charge in [-0.15, -0.1) is 0 Å². The summed E-state index contributed by atoms with van der Waals surface area (Å²) in [5.74, 6) is 0.901. The van der Waals surface area contributed by atoms with Crippen molar-refractivity contribution in [3.63, 3.8) is 0 Å². The summed E-state index contributed by atoms with van der Waals surface area (Å²) in [7, 11) is 4.01. The Balaban J connectivity index is 1.43. The summed E-state index contributed by atoms with van der Waals surface area (Å²) >= 11 is 0. The number of amides is 1. The molecule has 0 spiro atoms. The molecule has 0 radical (unpaired) electrons. The molecule has 0 aliphatic carbocycles. The first-order valence-electron chi connectivity index (χ1n) is 13.6. The molecule has 0 bridgehead atoms. The number of benzene rings is 3.